The third kappa shape index (κ3) is 4.87. The minimum atomic E-state index is -1.21. The van der Waals surface area contributed by atoms with Gasteiger partial charge in [-0.1, -0.05) is 6.92 Å². The van der Waals surface area contributed by atoms with Crippen LogP contribution in [0.2, 0.25) is 0 Å². The van der Waals surface area contributed by atoms with Gasteiger partial charge in [0, 0.05) is 25.6 Å². The second-order valence-electron chi connectivity index (χ2n) is 5.44. The number of amides is 2. The number of rotatable bonds is 8. The number of hydrogen-bond acceptors (Lipinski definition) is 4. The average molecular weight is 310 g/mol. The lowest BCUT2D eigenvalue weighted by Gasteiger charge is -2.19. The van der Waals surface area contributed by atoms with Crippen molar-refractivity contribution in [3.63, 3.8) is 0 Å². The molecular weight excluding hydrogens is 288 g/mol. The molecule has 0 saturated carbocycles. The van der Waals surface area contributed by atoms with Gasteiger partial charge in [0.2, 0.25) is 11.8 Å². The first-order valence-corrected chi connectivity index (χ1v) is 7.12. The van der Waals surface area contributed by atoms with Crippen molar-refractivity contribution in [1.29, 1.82) is 0 Å². The number of carboxylic acid groups (broad SMARTS) is 1. The highest BCUT2D eigenvalue weighted by Gasteiger charge is 2.30. The quantitative estimate of drug-likeness (QED) is 0.661. The first-order chi connectivity index (χ1) is 10.3. The Morgan fingerprint density at radius 3 is 2.50 bits per heavy atom. The summed E-state index contributed by atoms with van der Waals surface area (Å²) >= 11 is 0. The van der Waals surface area contributed by atoms with Gasteiger partial charge in [0.25, 0.3) is 0 Å². The van der Waals surface area contributed by atoms with Crippen LogP contribution in [0, 0.1) is 0 Å². The van der Waals surface area contributed by atoms with Crippen molar-refractivity contribution in [3.05, 3.63) is 12.4 Å². The largest absolute Gasteiger partial charge is 0.479 e. The van der Waals surface area contributed by atoms with Crippen LogP contribution >= 0.6 is 0 Å². The van der Waals surface area contributed by atoms with Gasteiger partial charge in [-0.2, -0.15) is 5.10 Å². The molecule has 0 fully saturated rings. The highest BCUT2D eigenvalue weighted by atomic mass is 16.4. The second-order valence-corrected chi connectivity index (χ2v) is 5.44. The summed E-state index contributed by atoms with van der Waals surface area (Å²) in [6, 6.07) is 0. The van der Waals surface area contributed by atoms with E-state index in [0.29, 0.717) is 12.2 Å². The maximum absolute atomic E-state index is 11.7. The third-order valence-electron chi connectivity index (χ3n) is 3.11. The normalized spacial score (nSPS) is 11.0. The number of carbonyl (C=O) groups excluding carboxylic acids is 2. The summed E-state index contributed by atoms with van der Waals surface area (Å²) in [6.07, 6.45) is 3.84. The van der Waals surface area contributed by atoms with E-state index in [9.17, 15) is 14.4 Å². The molecule has 8 heteroatoms. The number of carboxylic acids is 1. The van der Waals surface area contributed by atoms with E-state index in [1.165, 1.54) is 30.9 Å². The third-order valence-corrected chi connectivity index (χ3v) is 3.11. The number of aliphatic carboxylic acids is 1. The fourth-order valence-electron chi connectivity index (χ4n) is 1.59. The van der Waals surface area contributed by atoms with Crippen molar-refractivity contribution in [2.45, 2.75) is 45.6 Å². The van der Waals surface area contributed by atoms with E-state index in [1.54, 1.807) is 0 Å². The molecule has 22 heavy (non-hydrogen) atoms. The molecular formula is C14H22N4O4. The van der Waals surface area contributed by atoms with E-state index in [1.807, 2.05) is 6.92 Å². The van der Waals surface area contributed by atoms with Crippen molar-refractivity contribution in [1.82, 2.24) is 15.1 Å². The maximum Gasteiger partial charge on any atom is 0.331 e. The SMILES string of the molecule is CCCNC(=O)CCC(=O)Nc1cnn(C(C)(C)C(=O)O)c1. The molecule has 0 bridgehead atoms. The van der Waals surface area contributed by atoms with Crippen molar-refractivity contribution >= 4 is 23.5 Å². The van der Waals surface area contributed by atoms with E-state index in [0.717, 1.165) is 6.42 Å². The first-order valence-electron chi connectivity index (χ1n) is 7.12. The number of nitrogens with zero attached hydrogens (tertiary/aromatic N) is 2. The highest BCUT2D eigenvalue weighted by molar-refractivity contribution is 5.93. The van der Waals surface area contributed by atoms with Crippen LogP contribution in [0.1, 0.15) is 40.0 Å². The summed E-state index contributed by atoms with van der Waals surface area (Å²) in [5.74, 6) is -1.51. The smallest absolute Gasteiger partial charge is 0.331 e. The summed E-state index contributed by atoms with van der Waals surface area (Å²) in [5.41, 5.74) is -0.809. The fraction of sp³-hybridized carbons (Fsp3) is 0.571. The van der Waals surface area contributed by atoms with E-state index < -0.39 is 11.5 Å². The lowest BCUT2D eigenvalue weighted by Crippen LogP contribution is -2.35. The zero-order valence-electron chi connectivity index (χ0n) is 13.0. The molecule has 1 heterocycles. The highest BCUT2D eigenvalue weighted by Crippen LogP contribution is 2.17. The van der Waals surface area contributed by atoms with E-state index >= 15 is 0 Å². The van der Waals surface area contributed by atoms with Crippen molar-refractivity contribution in [2.24, 2.45) is 0 Å². The summed E-state index contributed by atoms with van der Waals surface area (Å²) in [7, 11) is 0. The predicted octanol–water partition coefficient (Wildman–Crippen LogP) is 0.948. The minimum Gasteiger partial charge on any atom is -0.479 e. The van der Waals surface area contributed by atoms with Gasteiger partial charge in [0.05, 0.1) is 11.9 Å². The molecule has 0 saturated heterocycles. The molecule has 0 unspecified atom stereocenters. The second kappa shape index (κ2) is 7.58. The molecule has 0 atom stereocenters. The van der Waals surface area contributed by atoms with Crippen LogP contribution in [0.25, 0.3) is 0 Å². The number of aromatic nitrogens is 2. The molecule has 0 aliphatic rings. The molecule has 0 aromatic carbocycles. The number of anilines is 1. The lowest BCUT2D eigenvalue weighted by molar-refractivity contribution is -0.146. The van der Waals surface area contributed by atoms with Crippen LogP contribution < -0.4 is 10.6 Å². The van der Waals surface area contributed by atoms with Crippen LogP contribution in [0.15, 0.2) is 12.4 Å². The van der Waals surface area contributed by atoms with Crippen LogP contribution in [-0.2, 0) is 19.9 Å². The zero-order chi connectivity index (χ0) is 16.8. The van der Waals surface area contributed by atoms with E-state index in [2.05, 4.69) is 15.7 Å². The topological polar surface area (TPSA) is 113 Å². The van der Waals surface area contributed by atoms with Crippen LogP contribution in [0.5, 0.6) is 0 Å². The van der Waals surface area contributed by atoms with Crippen molar-refractivity contribution in [2.75, 3.05) is 11.9 Å². The first kappa shape index (κ1) is 17.7. The fourth-order valence-corrected chi connectivity index (χ4v) is 1.59. The molecule has 8 nitrogen and oxygen atoms in total. The lowest BCUT2D eigenvalue weighted by atomic mass is 10.1. The van der Waals surface area contributed by atoms with Gasteiger partial charge >= 0.3 is 5.97 Å². The van der Waals surface area contributed by atoms with Gasteiger partial charge in [-0.25, -0.2) is 4.79 Å². The molecule has 0 aliphatic carbocycles. The van der Waals surface area contributed by atoms with Crippen LogP contribution in [0.3, 0.4) is 0 Å². The van der Waals surface area contributed by atoms with Crippen molar-refractivity contribution in [3.8, 4) is 0 Å². The molecule has 2 amide bonds. The van der Waals surface area contributed by atoms with Crippen LogP contribution in [0.4, 0.5) is 5.69 Å². The Bertz CT molecular complexity index is 551. The molecule has 1 aromatic rings. The van der Waals surface area contributed by atoms with Crippen molar-refractivity contribution < 1.29 is 19.5 Å². The maximum atomic E-state index is 11.7. The Kier molecular flexibility index (Phi) is 6.09. The van der Waals surface area contributed by atoms with Gasteiger partial charge in [-0.15, -0.1) is 0 Å². The van der Waals surface area contributed by atoms with Gasteiger partial charge in [0.1, 0.15) is 0 Å². The van der Waals surface area contributed by atoms with Gasteiger partial charge in [-0.05, 0) is 20.3 Å². The van der Waals surface area contributed by atoms with Gasteiger partial charge in [0.15, 0.2) is 5.54 Å². The average Bonchev–Trinajstić information content (AvgIpc) is 2.91. The monoisotopic (exact) mass is 310 g/mol. The number of hydrogen-bond donors (Lipinski definition) is 3. The van der Waals surface area contributed by atoms with Gasteiger partial charge in [-0.3, -0.25) is 14.3 Å². The van der Waals surface area contributed by atoms with Gasteiger partial charge < -0.3 is 15.7 Å². The van der Waals surface area contributed by atoms with Crippen LogP contribution in [-0.4, -0.2) is 39.2 Å². The Hall–Kier alpha value is -2.38. The molecule has 122 valence electrons. The molecule has 1 aromatic heterocycles. The summed E-state index contributed by atoms with van der Waals surface area (Å²) < 4.78 is 1.26. The Morgan fingerprint density at radius 2 is 1.91 bits per heavy atom. The minimum absolute atomic E-state index is 0.0586. The molecule has 0 radical (unpaired) electrons. The summed E-state index contributed by atoms with van der Waals surface area (Å²) in [6.45, 7) is 5.55. The molecule has 0 spiro atoms. The standard InChI is InChI=1S/C14H22N4O4/c1-4-7-15-11(19)5-6-12(20)17-10-8-16-18(9-10)14(2,3)13(21)22/h8-9H,4-7H2,1-3H3,(H,15,19)(H,17,20)(H,21,22). The van der Waals surface area contributed by atoms with E-state index in [-0.39, 0.29) is 24.7 Å². The number of carbonyl (C=O) groups is 3. The Labute approximate surface area is 128 Å². The predicted molar refractivity (Wildman–Crippen MR) is 80.3 cm³/mol. The zero-order valence-corrected chi connectivity index (χ0v) is 13.0. The Morgan fingerprint density at radius 1 is 1.27 bits per heavy atom. The summed E-state index contributed by atoms with van der Waals surface area (Å²) in [4.78, 5) is 34.3. The number of nitrogens with one attached hydrogen (secondary N) is 2. The molecule has 3 N–H and O–H groups in total. The van der Waals surface area contributed by atoms with E-state index in [4.69, 9.17) is 5.11 Å². The molecule has 1 rings (SSSR count). The summed E-state index contributed by atoms with van der Waals surface area (Å²) in [5, 5.41) is 18.3. The Balaban J connectivity index is 2.51. The molecule has 0 aliphatic heterocycles.